The van der Waals surface area contributed by atoms with Gasteiger partial charge in [-0.15, -0.1) is 0 Å². The molecular formula is C13H24O2. The Bertz CT molecular complexity index is 193. The minimum Gasteiger partial charge on any atom is -0.370 e. The fourth-order valence-electron chi connectivity index (χ4n) is 1.97. The molecule has 2 nitrogen and oxygen atoms in total. The standard InChI is InChI=1S/C13H24O2/c1-4-11(3)13(14)9-15-12-7-5-10(2)6-8-12/h10-12H,4-9H2,1-3H3. The molecule has 0 amide bonds. The highest BCUT2D eigenvalue weighted by Crippen LogP contribution is 2.25. The number of ether oxygens (including phenoxy) is 1. The number of rotatable bonds is 5. The lowest BCUT2D eigenvalue weighted by Gasteiger charge is -2.26. The third-order valence-corrected chi connectivity index (χ3v) is 3.59. The van der Waals surface area contributed by atoms with Gasteiger partial charge in [-0.2, -0.15) is 0 Å². The van der Waals surface area contributed by atoms with Crippen molar-refractivity contribution in [1.29, 1.82) is 0 Å². The molecule has 1 saturated carbocycles. The first-order valence-electron chi connectivity index (χ1n) is 6.27. The number of hydrogen-bond acceptors (Lipinski definition) is 2. The first-order chi connectivity index (χ1) is 7.13. The van der Waals surface area contributed by atoms with Crippen molar-refractivity contribution in [1.82, 2.24) is 0 Å². The highest BCUT2D eigenvalue weighted by Gasteiger charge is 2.20. The molecular weight excluding hydrogens is 188 g/mol. The van der Waals surface area contributed by atoms with Gasteiger partial charge in [0, 0.05) is 5.92 Å². The van der Waals surface area contributed by atoms with E-state index >= 15 is 0 Å². The molecule has 88 valence electrons. The molecule has 0 aliphatic heterocycles. The van der Waals surface area contributed by atoms with Gasteiger partial charge in [-0.05, 0) is 38.0 Å². The van der Waals surface area contributed by atoms with Gasteiger partial charge in [-0.25, -0.2) is 0 Å². The van der Waals surface area contributed by atoms with Gasteiger partial charge in [-0.3, -0.25) is 4.79 Å². The van der Waals surface area contributed by atoms with E-state index in [0.717, 1.165) is 25.2 Å². The fourth-order valence-corrected chi connectivity index (χ4v) is 1.97. The summed E-state index contributed by atoms with van der Waals surface area (Å²) in [4.78, 5) is 11.6. The largest absolute Gasteiger partial charge is 0.370 e. The number of ketones is 1. The summed E-state index contributed by atoms with van der Waals surface area (Å²) < 4.78 is 5.67. The number of carbonyl (C=O) groups is 1. The lowest BCUT2D eigenvalue weighted by molar-refractivity contribution is -0.129. The third kappa shape index (κ3) is 4.33. The zero-order valence-corrected chi connectivity index (χ0v) is 10.3. The summed E-state index contributed by atoms with van der Waals surface area (Å²) in [5, 5.41) is 0. The molecule has 1 aliphatic rings. The summed E-state index contributed by atoms with van der Waals surface area (Å²) in [5.41, 5.74) is 0. The third-order valence-electron chi connectivity index (χ3n) is 3.59. The van der Waals surface area contributed by atoms with Crippen molar-refractivity contribution in [2.24, 2.45) is 11.8 Å². The van der Waals surface area contributed by atoms with Gasteiger partial charge in [0.15, 0.2) is 5.78 Å². The molecule has 0 aromatic heterocycles. The normalized spacial score (nSPS) is 28.7. The Labute approximate surface area is 93.4 Å². The maximum Gasteiger partial charge on any atom is 0.161 e. The Hall–Kier alpha value is -0.370. The molecule has 1 rings (SSSR count). The van der Waals surface area contributed by atoms with Gasteiger partial charge < -0.3 is 4.74 Å². The van der Waals surface area contributed by atoms with Crippen LogP contribution in [0.2, 0.25) is 0 Å². The highest BCUT2D eigenvalue weighted by atomic mass is 16.5. The second-order valence-corrected chi connectivity index (χ2v) is 4.97. The second kappa shape index (κ2) is 6.26. The molecule has 0 aromatic rings. The van der Waals surface area contributed by atoms with E-state index in [4.69, 9.17) is 4.74 Å². The van der Waals surface area contributed by atoms with E-state index in [1.807, 2.05) is 13.8 Å². The summed E-state index contributed by atoms with van der Waals surface area (Å²) in [6, 6.07) is 0. The lowest BCUT2D eigenvalue weighted by Crippen LogP contribution is -2.25. The van der Waals surface area contributed by atoms with Crippen molar-refractivity contribution in [2.45, 2.75) is 59.0 Å². The minimum atomic E-state index is 0.160. The predicted octanol–water partition coefficient (Wildman–Crippen LogP) is 3.20. The number of hydrogen-bond donors (Lipinski definition) is 0. The molecule has 0 N–H and O–H groups in total. The van der Waals surface area contributed by atoms with Crippen LogP contribution in [-0.4, -0.2) is 18.5 Å². The van der Waals surface area contributed by atoms with Crippen molar-refractivity contribution in [3.8, 4) is 0 Å². The summed E-state index contributed by atoms with van der Waals surface area (Å²) in [6.07, 6.45) is 6.03. The molecule has 15 heavy (non-hydrogen) atoms. The molecule has 1 atom stereocenters. The van der Waals surface area contributed by atoms with Gasteiger partial charge in [0.05, 0.1) is 6.10 Å². The van der Waals surface area contributed by atoms with Crippen LogP contribution in [0.1, 0.15) is 52.9 Å². The summed E-state index contributed by atoms with van der Waals surface area (Å²) >= 11 is 0. The molecule has 1 aliphatic carbocycles. The Morgan fingerprint density at radius 3 is 2.47 bits per heavy atom. The molecule has 0 radical (unpaired) electrons. The first-order valence-corrected chi connectivity index (χ1v) is 6.27. The first kappa shape index (κ1) is 12.7. The van der Waals surface area contributed by atoms with Crippen LogP contribution in [0, 0.1) is 11.8 Å². The van der Waals surface area contributed by atoms with E-state index in [1.54, 1.807) is 0 Å². The lowest BCUT2D eigenvalue weighted by atomic mass is 9.89. The fraction of sp³-hybridized carbons (Fsp3) is 0.923. The summed E-state index contributed by atoms with van der Waals surface area (Å²) in [6.45, 7) is 6.65. The summed E-state index contributed by atoms with van der Waals surface area (Å²) in [5.74, 6) is 1.26. The van der Waals surface area contributed by atoms with Crippen LogP contribution >= 0.6 is 0 Å². The van der Waals surface area contributed by atoms with Gasteiger partial charge >= 0.3 is 0 Å². The molecule has 0 aromatic carbocycles. The molecule has 1 fully saturated rings. The van der Waals surface area contributed by atoms with Crippen LogP contribution in [-0.2, 0) is 9.53 Å². The average Bonchev–Trinajstić information content (AvgIpc) is 2.26. The van der Waals surface area contributed by atoms with Crippen molar-refractivity contribution >= 4 is 5.78 Å². The highest BCUT2D eigenvalue weighted by molar-refractivity contribution is 5.81. The van der Waals surface area contributed by atoms with Crippen LogP contribution < -0.4 is 0 Å². The van der Waals surface area contributed by atoms with Gasteiger partial charge in [0.1, 0.15) is 6.61 Å². The van der Waals surface area contributed by atoms with Crippen LogP contribution in [0.5, 0.6) is 0 Å². The van der Waals surface area contributed by atoms with E-state index in [2.05, 4.69) is 6.92 Å². The zero-order valence-electron chi connectivity index (χ0n) is 10.3. The van der Waals surface area contributed by atoms with E-state index in [9.17, 15) is 4.79 Å². The Balaban J connectivity index is 2.17. The van der Waals surface area contributed by atoms with Crippen LogP contribution in [0.4, 0.5) is 0 Å². The average molecular weight is 212 g/mol. The Kier molecular flexibility index (Phi) is 5.30. The zero-order chi connectivity index (χ0) is 11.3. The maximum absolute atomic E-state index is 11.6. The molecule has 0 heterocycles. The van der Waals surface area contributed by atoms with Crippen molar-refractivity contribution < 1.29 is 9.53 Å². The smallest absolute Gasteiger partial charge is 0.161 e. The molecule has 2 heteroatoms. The SMILES string of the molecule is CCC(C)C(=O)COC1CCC(C)CC1. The van der Waals surface area contributed by atoms with Crippen molar-refractivity contribution in [3.63, 3.8) is 0 Å². The van der Waals surface area contributed by atoms with Crippen LogP contribution in [0.3, 0.4) is 0 Å². The van der Waals surface area contributed by atoms with E-state index in [0.29, 0.717) is 12.7 Å². The topological polar surface area (TPSA) is 26.3 Å². The summed E-state index contributed by atoms with van der Waals surface area (Å²) in [7, 11) is 0. The molecule has 0 saturated heterocycles. The number of carbonyl (C=O) groups excluding carboxylic acids is 1. The quantitative estimate of drug-likeness (QED) is 0.699. The maximum atomic E-state index is 11.6. The van der Waals surface area contributed by atoms with E-state index < -0.39 is 0 Å². The number of Topliss-reactive ketones (excluding diaryl/α,β-unsaturated/α-hetero) is 1. The van der Waals surface area contributed by atoms with Gasteiger partial charge in [0.2, 0.25) is 0 Å². The Morgan fingerprint density at radius 2 is 1.93 bits per heavy atom. The van der Waals surface area contributed by atoms with Gasteiger partial charge in [-0.1, -0.05) is 20.8 Å². The molecule has 0 spiro atoms. The monoisotopic (exact) mass is 212 g/mol. The second-order valence-electron chi connectivity index (χ2n) is 4.97. The van der Waals surface area contributed by atoms with E-state index in [-0.39, 0.29) is 11.7 Å². The Morgan fingerprint density at radius 1 is 1.33 bits per heavy atom. The van der Waals surface area contributed by atoms with Crippen LogP contribution in [0.15, 0.2) is 0 Å². The predicted molar refractivity (Wildman–Crippen MR) is 61.8 cm³/mol. The van der Waals surface area contributed by atoms with Crippen molar-refractivity contribution in [3.05, 3.63) is 0 Å². The minimum absolute atomic E-state index is 0.160. The van der Waals surface area contributed by atoms with Crippen molar-refractivity contribution in [2.75, 3.05) is 6.61 Å². The van der Waals surface area contributed by atoms with E-state index in [1.165, 1.54) is 12.8 Å². The van der Waals surface area contributed by atoms with Gasteiger partial charge in [0.25, 0.3) is 0 Å². The molecule has 1 unspecified atom stereocenters. The van der Waals surface area contributed by atoms with Crippen LogP contribution in [0.25, 0.3) is 0 Å². The molecule has 0 bridgehead atoms.